The van der Waals surface area contributed by atoms with Gasteiger partial charge in [0.2, 0.25) is 0 Å². The van der Waals surface area contributed by atoms with Gasteiger partial charge in [-0.1, -0.05) is 12.8 Å². The first-order chi connectivity index (χ1) is 6.27. The van der Waals surface area contributed by atoms with E-state index in [4.69, 9.17) is 11.2 Å². The van der Waals surface area contributed by atoms with Crippen LogP contribution in [0.15, 0.2) is 0 Å². The van der Waals surface area contributed by atoms with Crippen molar-refractivity contribution in [2.75, 3.05) is 33.3 Å². The summed E-state index contributed by atoms with van der Waals surface area (Å²) in [4.78, 5) is 2.25. The van der Waals surface area contributed by atoms with Gasteiger partial charge in [-0.05, 0) is 13.6 Å². The Morgan fingerprint density at radius 2 is 2.54 bits per heavy atom. The summed E-state index contributed by atoms with van der Waals surface area (Å²) < 4.78 is 5.61. The van der Waals surface area contributed by atoms with Gasteiger partial charge in [0.05, 0.1) is 18.8 Å². The van der Waals surface area contributed by atoms with Crippen molar-refractivity contribution in [2.24, 2.45) is 0 Å². The number of hydrogen-bond acceptors (Lipinski definition) is 3. The number of hydrogen-bond donors (Lipinski definition) is 1. The maximum Gasteiger partial charge on any atom is 0.0967 e. The highest BCUT2D eigenvalue weighted by Crippen LogP contribution is 2.06. The highest BCUT2D eigenvalue weighted by molar-refractivity contribution is 5.04. The number of ether oxygens (including phenoxy) is 1. The normalized spacial score (nSPS) is 26.7. The maximum atomic E-state index is 5.61. The molecule has 1 heterocycles. The Morgan fingerprint density at radius 3 is 3.08 bits per heavy atom. The average Bonchev–Trinajstić information content (AvgIpc) is 2.14. The second-order valence-electron chi connectivity index (χ2n) is 3.37. The standard InChI is InChI=1S/C10H18N2O/c1-4-9(11-5-2)10-8-12(3)6-7-13-10/h1,9-11H,5-8H2,2-3H3. The van der Waals surface area contributed by atoms with E-state index in [1.165, 1.54) is 0 Å². The Balaban J connectivity index is 2.43. The van der Waals surface area contributed by atoms with Crippen molar-refractivity contribution in [1.29, 1.82) is 0 Å². The maximum absolute atomic E-state index is 5.61. The molecule has 0 aromatic carbocycles. The van der Waals surface area contributed by atoms with Gasteiger partial charge in [-0.3, -0.25) is 0 Å². The molecule has 2 unspecified atom stereocenters. The quantitative estimate of drug-likeness (QED) is 0.618. The molecule has 74 valence electrons. The smallest absolute Gasteiger partial charge is 0.0967 e. The molecule has 1 N–H and O–H groups in total. The van der Waals surface area contributed by atoms with Gasteiger partial charge in [-0.2, -0.15) is 0 Å². The van der Waals surface area contributed by atoms with Crippen LogP contribution in [0.25, 0.3) is 0 Å². The summed E-state index contributed by atoms with van der Waals surface area (Å²) in [6, 6.07) is 0.0488. The van der Waals surface area contributed by atoms with E-state index in [0.717, 1.165) is 26.2 Å². The Hall–Kier alpha value is -0.560. The van der Waals surface area contributed by atoms with E-state index < -0.39 is 0 Å². The van der Waals surface area contributed by atoms with Crippen LogP contribution in [-0.2, 0) is 4.74 Å². The van der Waals surface area contributed by atoms with Crippen molar-refractivity contribution in [1.82, 2.24) is 10.2 Å². The number of nitrogens with one attached hydrogen (secondary N) is 1. The second kappa shape index (κ2) is 5.23. The lowest BCUT2D eigenvalue weighted by Gasteiger charge is -2.33. The monoisotopic (exact) mass is 182 g/mol. The summed E-state index contributed by atoms with van der Waals surface area (Å²) in [6.07, 6.45) is 5.57. The molecule has 0 radical (unpaired) electrons. The Kier molecular flexibility index (Phi) is 4.23. The van der Waals surface area contributed by atoms with Gasteiger partial charge in [0.25, 0.3) is 0 Å². The van der Waals surface area contributed by atoms with Gasteiger partial charge >= 0.3 is 0 Å². The first-order valence-electron chi connectivity index (χ1n) is 4.77. The highest BCUT2D eigenvalue weighted by Gasteiger charge is 2.24. The SMILES string of the molecule is C#CC(NCC)C1CN(C)CCO1. The van der Waals surface area contributed by atoms with Gasteiger partial charge in [-0.25, -0.2) is 0 Å². The van der Waals surface area contributed by atoms with E-state index in [1.54, 1.807) is 0 Å². The molecule has 3 heteroatoms. The topological polar surface area (TPSA) is 24.5 Å². The fourth-order valence-electron chi connectivity index (χ4n) is 1.53. The molecule has 0 aromatic rings. The highest BCUT2D eigenvalue weighted by atomic mass is 16.5. The van der Waals surface area contributed by atoms with Crippen molar-refractivity contribution in [3.8, 4) is 12.3 Å². The molecule has 0 aromatic heterocycles. The molecule has 3 nitrogen and oxygen atoms in total. The van der Waals surface area contributed by atoms with Gasteiger partial charge in [-0.15, -0.1) is 6.42 Å². The van der Waals surface area contributed by atoms with Crippen molar-refractivity contribution in [2.45, 2.75) is 19.1 Å². The molecule has 0 bridgehead atoms. The van der Waals surface area contributed by atoms with Crippen molar-refractivity contribution in [3.05, 3.63) is 0 Å². The van der Waals surface area contributed by atoms with Gasteiger partial charge in [0.1, 0.15) is 0 Å². The molecule has 0 spiro atoms. The molecule has 0 aliphatic carbocycles. The van der Waals surface area contributed by atoms with Crippen LogP contribution in [0, 0.1) is 12.3 Å². The lowest BCUT2D eigenvalue weighted by atomic mass is 10.1. The number of terminal acetylenes is 1. The lowest BCUT2D eigenvalue weighted by Crippen LogP contribution is -2.50. The van der Waals surface area contributed by atoms with Crippen LogP contribution < -0.4 is 5.32 Å². The second-order valence-corrected chi connectivity index (χ2v) is 3.37. The Bertz CT molecular complexity index is 188. The summed E-state index contributed by atoms with van der Waals surface area (Å²) in [5, 5.41) is 3.23. The molecule has 1 saturated heterocycles. The third-order valence-corrected chi connectivity index (χ3v) is 2.27. The van der Waals surface area contributed by atoms with Crippen molar-refractivity contribution >= 4 is 0 Å². The van der Waals surface area contributed by atoms with E-state index in [2.05, 4.69) is 30.1 Å². The number of rotatable bonds is 3. The molecular weight excluding hydrogens is 164 g/mol. The fourth-order valence-corrected chi connectivity index (χ4v) is 1.53. The van der Waals surface area contributed by atoms with Gasteiger partial charge < -0.3 is 15.0 Å². The van der Waals surface area contributed by atoms with E-state index in [1.807, 2.05) is 0 Å². The summed E-state index contributed by atoms with van der Waals surface area (Å²) in [5.74, 6) is 2.73. The van der Waals surface area contributed by atoms with E-state index >= 15 is 0 Å². The molecule has 2 atom stereocenters. The van der Waals surface area contributed by atoms with Crippen LogP contribution >= 0.6 is 0 Å². The van der Waals surface area contributed by atoms with Crippen LogP contribution in [0.3, 0.4) is 0 Å². The molecule has 1 aliphatic rings. The predicted molar refractivity (Wildman–Crippen MR) is 53.5 cm³/mol. The van der Waals surface area contributed by atoms with Crippen LogP contribution in [0.4, 0.5) is 0 Å². The molecular formula is C10H18N2O. The number of morpholine rings is 1. The summed E-state index contributed by atoms with van der Waals surface area (Å²) in [6.45, 7) is 5.64. The lowest BCUT2D eigenvalue weighted by molar-refractivity contribution is -0.0286. The third kappa shape index (κ3) is 3.00. The number of nitrogens with zero attached hydrogens (tertiary/aromatic N) is 1. The minimum absolute atomic E-state index is 0.0488. The van der Waals surface area contributed by atoms with Crippen LogP contribution in [0.2, 0.25) is 0 Å². The van der Waals surface area contributed by atoms with Crippen LogP contribution in [0.5, 0.6) is 0 Å². The molecule has 1 fully saturated rings. The van der Waals surface area contributed by atoms with Crippen molar-refractivity contribution < 1.29 is 4.74 Å². The van der Waals surface area contributed by atoms with Crippen LogP contribution in [-0.4, -0.2) is 50.3 Å². The van der Waals surface area contributed by atoms with E-state index in [0.29, 0.717) is 0 Å². The van der Waals surface area contributed by atoms with E-state index in [-0.39, 0.29) is 12.1 Å². The molecule has 13 heavy (non-hydrogen) atoms. The van der Waals surface area contributed by atoms with Crippen molar-refractivity contribution in [3.63, 3.8) is 0 Å². The van der Waals surface area contributed by atoms with Gasteiger partial charge in [0.15, 0.2) is 0 Å². The summed E-state index contributed by atoms with van der Waals surface area (Å²) in [7, 11) is 2.09. The first kappa shape index (κ1) is 10.5. The zero-order valence-corrected chi connectivity index (χ0v) is 8.42. The molecule has 1 rings (SSSR count). The zero-order valence-electron chi connectivity index (χ0n) is 8.42. The third-order valence-electron chi connectivity index (χ3n) is 2.27. The van der Waals surface area contributed by atoms with Gasteiger partial charge in [0, 0.05) is 13.1 Å². The summed E-state index contributed by atoms with van der Waals surface area (Å²) >= 11 is 0. The first-order valence-corrected chi connectivity index (χ1v) is 4.77. The predicted octanol–water partition coefficient (Wildman–Crippen LogP) is -0.0717. The Labute approximate surface area is 80.4 Å². The van der Waals surface area contributed by atoms with E-state index in [9.17, 15) is 0 Å². The zero-order chi connectivity index (χ0) is 9.68. The van der Waals surface area contributed by atoms with Crippen LogP contribution in [0.1, 0.15) is 6.92 Å². The Morgan fingerprint density at radius 1 is 1.77 bits per heavy atom. The minimum atomic E-state index is 0.0488. The number of likely N-dealkylation sites (N-methyl/N-ethyl adjacent to an activating group) is 2. The molecule has 0 amide bonds. The average molecular weight is 182 g/mol. The summed E-state index contributed by atoms with van der Waals surface area (Å²) in [5.41, 5.74) is 0. The molecule has 1 aliphatic heterocycles. The molecule has 0 saturated carbocycles. The fraction of sp³-hybridized carbons (Fsp3) is 0.800. The largest absolute Gasteiger partial charge is 0.373 e. The minimum Gasteiger partial charge on any atom is -0.373 e.